The van der Waals surface area contributed by atoms with E-state index < -0.39 is 5.97 Å². The maximum Gasteiger partial charge on any atom is 0.347 e. The van der Waals surface area contributed by atoms with Crippen LogP contribution in [0, 0.1) is 0 Å². The van der Waals surface area contributed by atoms with Gasteiger partial charge in [0.15, 0.2) is 0 Å². The van der Waals surface area contributed by atoms with Gasteiger partial charge in [0.1, 0.15) is 22.2 Å². The number of thiazole rings is 1. The van der Waals surface area contributed by atoms with Crippen LogP contribution in [0.25, 0.3) is 0 Å². The lowest BCUT2D eigenvalue weighted by atomic mass is 10.3. The number of carbonyl (C=O) groups is 1. The van der Waals surface area contributed by atoms with Gasteiger partial charge < -0.3 is 9.84 Å². The van der Waals surface area contributed by atoms with E-state index in [4.69, 9.17) is 9.84 Å². The van der Waals surface area contributed by atoms with E-state index in [1.54, 1.807) is 0 Å². The van der Waals surface area contributed by atoms with E-state index in [0.29, 0.717) is 5.01 Å². The molecule has 0 aliphatic heterocycles. The summed E-state index contributed by atoms with van der Waals surface area (Å²) in [7, 11) is 0. The number of nitrogens with zero attached hydrogens (tertiary/aromatic N) is 1. The topological polar surface area (TPSA) is 59.4 Å². The third kappa shape index (κ3) is 3.28. The average Bonchev–Trinajstić information content (AvgIpc) is 2.77. The molecular weight excluding hydrogens is 306 g/mol. The second kappa shape index (κ2) is 5.29. The first-order chi connectivity index (χ1) is 8.15. The summed E-state index contributed by atoms with van der Waals surface area (Å²) in [6, 6.07) is 7.41. The first kappa shape index (κ1) is 12.1. The molecule has 1 aromatic carbocycles. The van der Waals surface area contributed by atoms with Crippen LogP contribution in [0.4, 0.5) is 0 Å². The summed E-state index contributed by atoms with van der Waals surface area (Å²) < 4.78 is 6.45. The minimum absolute atomic E-state index is 0.222. The third-order valence-corrected chi connectivity index (χ3v) is 3.43. The van der Waals surface area contributed by atoms with E-state index in [-0.39, 0.29) is 11.5 Å². The molecule has 1 aromatic heterocycles. The Labute approximate surface area is 110 Å². The second-order valence-electron chi connectivity index (χ2n) is 3.17. The summed E-state index contributed by atoms with van der Waals surface area (Å²) in [6.45, 7) is 0.277. The predicted molar refractivity (Wildman–Crippen MR) is 67.5 cm³/mol. The zero-order chi connectivity index (χ0) is 12.3. The summed E-state index contributed by atoms with van der Waals surface area (Å²) in [5.41, 5.74) is 0. The van der Waals surface area contributed by atoms with Gasteiger partial charge in [-0.1, -0.05) is 15.9 Å². The lowest BCUT2D eigenvalue weighted by Crippen LogP contribution is -1.93. The van der Waals surface area contributed by atoms with Crippen molar-refractivity contribution in [2.45, 2.75) is 6.61 Å². The Morgan fingerprint density at radius 3 is 2.71 bits per heavy atom. The molecule has 88 valence electrons. The number of rotatable bonds is 4. The lowest BCUT2D eigenvalue weighted by Gasteiger charge is -2.03. The number of benzene rings is 1. The van der Waals surface area contributed by atoms with Crippen LogP contribution in [0.15, 0.2) is 34.9 Å². The van der Waals surface area contributed by atoms with Gasteiger partial charge in [-0.05, 0) is 24.3 Å². The van der Waals surface area contributed by atoms with Crippen LogP contribution >= 0.6 is 27.3 Å². The Balaban J connectivity index is 1.97. The Morgan fingerprint density at radius 2 is 2.12 bits per heavy atom. The summed E-state index contributed by atoms with van der Waals surface area (Å²) in [5.74, 6) is -0.238. The van der Waals surface area contributed by atoms with E-state index in [9.17, 15) is 4.79 Å². The molecule has 0 fully saturated rings. The maximum absolute atomic E-state index is 10.7. The Bertz CT molecular complexity index is 524. The van der Waals surface area contributed by atoms with Gasteiger partial charge in [-0.2, -0.15) is 0 Å². The van der Waals surface area contributed by atoms with Crippen molar-refractivity contribution in [3.63, 3.8) is 0 Å². The number of ether oxygens (including phenoxy) is 1. The van der Waals surface area contributed by atoms with Crippen molar-refractivity contribution in [3.8, 4) is 5.75 Å². The normalized spacial score (nSPS) is 10.2. The van der Waals surface area contributed by atoms with Crippen molar-refractivity contribution in [3.05, 3.63) is 44.8 Å². The molecule has 6 heteroatoms. The third-order valence-electron chi connectivity index (χ3n) is 1.94. The number of aromatic carboxylic acids is 1. The summed E-state index contributed by atoms with van der Waals surface area (Å²) in [5, 5.41) is 9.38. The molecule has 0 amide bonds. The molecule has 4 nitrogen and oxygen atoms in total. The number of carboxylic acids is 1. The van der Waals surface area contributed by atoms with Gasteiger partial charge in [0, 0.05) is 4.47 Å². The molecule has 0 saturated heterocycles. The van der Waals surface area contributed by atoms with Crippen molar-refractivity contribution >= 4 is 33.2 Å². The Kier molecular flexibility index (Phi) is 3.75. The van der Waals surface area contributed by atoms with Crippen molar-refractivity contribution < 1.29 is 14.6 Å². The average molecular weight is 314 g/mol. The molecule has 0 spiro atoms. The quantitative estimate of drug-likeness (QED) is 0.941. The minimum atomic E-state index is -0.961. The minimum Gasteiger partial charge on any atom is -0.486 e. The first-order valence-electron chi connectivity index (χ1n) is 4.71. The fraction of sp³-hybridized carbons (Fsp3) is 0.0909. The molecule has 0 saturated carbocycles. The van der Waals surface area contributed by atoms with Crippen LogP contribution in [-0.4, -0.2) is 16.1 Å². The number of carboxylic acid groups (broad SMARTS) is 1. The molecule has 0 unspecified atom stereocenters. The second-order valence-corrected chi connectivity index (χ2v) is 5.20. The van der Waals surface area contributed by atoms with Gasteiger partial charge in [-0.3, -0.25) is 0 Å². The van der Waals surface area contributed by atoms with E-state index >= 15 is 0 Å². The summed E-state index contributed by atoms with van der Waals surface area (Å²) in [4.78, 5) is 14.8. The highest BCUT2D eigenvalue weighted by Gasteiger charge is 2.08. The van der Waals surface area contributed by atoms with Crippen molar-refractivity contribution in [2.24, 2.45) is 0 Å². The molecule has 0 aliphatic rings. The zero-order valence-corrected chi connectivity index (χ0v) is 11.0. The standard InChI is InChI=1S/C11H8BrNO3S/c12-7-1-3-8(4-2-7)16-6-10-13-5-9(17-10)11(14)15/h1-5H,6H2,(H,14,15). The highest BCUT2D eigenvalue weighted by molar-refractivity contribution is 9.10. The van der Waals surface area contributed by atoms with E-state index in [0.717, 1.165) is 21.6 Å². The monoisotopic (exact) mass is 313 g/mol. The van der Waals surface area contributed by atoms with Gasteiger partial charge in [0.25, 0.3) is 0 Å². The van der Waals surface area contributed by atoms with Crippen LogP contribution in [-0.2, 0) is 6.61 Å². The van der Waals surface area contributed by atoms with Crippen molar-refractivity contribution in [1.29, 1.82) is 0 Å². The van der Waals surface area contributed by atoms with Crippen molar-refractivity contribution in [1.82, 2.24) is 4.98 Å². The van der Waals surface area contributed by atoms with E-state index in [1.165, 1.54) is 6.20 Å². The van der Waals surface area contributed by atoms with Gasteiger partial charge in [-0.15, -0.1) is 11.3 Å². The number of hydrogen-bond donors (Lipinski definition) is 1. The molecule has 0 bridgehead atoms. The van der Waals surface area contributed by atoms with Crippen LogP contribution < -0.4 is 4.74 Å². The maximum atomic E-state index is 10.7. The number of aromatic nitrogens is 1. The smallest absolute Gasteiger partial charge is 0.347 e. The molecule has 0 atom stereocenters. The summed E-state index contributed by atoms with van der Waals surface area (Å²) in [6.07, 6.45) is 1.34. The Hall–Kier alpha value is -1.40. The zero-order valence-electron chi connectivity index (χ0n) is 8.59. The van der Waals surface area contributed by atoms with Crippen LogP contribution in [0.2, 0.25) is 0 Å². The first-order valence-corrected chi connectivity index (χ1v) is 6.32. The molecule has 2 rings (SSSR count). The molecular formula is C11H8BrNO3S. The molecule has 1 N–H and O–H groups in total. The van der Waals surface area contributed by atoms with Crippen molar-refractivity contribution in [2.75, 3.05) is 0 Å². The van der Waals surface area contributed by atoms with Crippen LogP contribution in [0.5, 0.6) is 5.75 Å². The lowest BCUT2D eigenvalue weighted by molar-refractivity contribution is 0.0702. The van der Waals surface area contributed by atoms with E-state index in [2.05, 4.69) is 20.9 Å². The largest absolute Gasteiger partial charge is 0.486 e. The van der Waals surface area contributed by atoms with Gasteiger partial charge in [-0.25, -0.2) is 9.78 Å². The molecule has 0 radical (unpaired) electrons. The van der Waals surface area contributed by atoms with E-state index in [1.807, 2.05) is 24.3 Å². The van der Waals surface area contributed by atoms with Crippen LogP contribution in [0.1, 0.15) is 14.7 Å². The summed E-state index contributed by atoms with van der Waals surface area (Å²) >= 11 is 4.45. The van der Waals surface area contributed by atoms with Gasteiger partial charge >= 0.3 is 5.97 Å². The van der Waals surface area contributed by atoms with Crippen LogP contribution in [0.3, 0.4) is 0 Å². The van der Waals surface area contributed by atoms with Gasteiger partial charge in [0.05, 0.1) is 6.20 Å². The predicted octanol–water partition coefficient (Wildman–Crippen LogP) is 3.18. The highest BCUT2D eigenvalue weighted by Crippen LogP contribution is 2.19. The number of halogens is 1. The molecule has 2 aromatic rings. The molecule has 1 heterocycles. The molecule has 17 heavy (non-hydrogen) atoms. The fourth-order valence-electron chi connectivity index (χ4n) is 1.15. The fourth-order valence-corrected chi connectivity index (χ4v) is 2.09. The molecule has 0 aliphatic carbocycles. The number of hydrogen-bond acceptors (Lipinski definition) is 4. The Morgan fingerprint density at radius 1 is 1.41 bits per heavy atom. The highest BCUT2D eigenvalue weighted by atomic mass is 79.9. The van der Waals surface area contributed by atoms with Gasteiger partial charge in [0.2, 0.25) is 0 Å². The SMILES string of the molecule is O=C(O)c1cnc(COc2ccc(Br)cc2)s1.